The van der Waals surface area contributed by atoms with Crippen LogP contribution in [0.2, 0.25) is 11.6 Å². The highest BCUT2D eigenvalue weighted by Gasteiger charge is 2.51. The third-order valence-corrected chi connectivity index (χ3v) is 9.57. The van der Waals surface area contributed by atoms with Crippen molar-refractivity contribution in [1.29, 1.82) is 0 Å². The minimum absolute atomic E-state index is 0.0530. The fourth-order valence-electron chi connectivity index (χ4n) is 3.89. The Morgan fingerprint density at radius 2 is 1.67 bits per heavy atom. The first-order valence-corrected chi connectivity index (χ1v) is 10.6. The summed E-state index contributed by atoms with van der Waals surface area (Å²) in [6.07, 6.45) is 3.95. The SMILES string of the molecule is CC(C)(C)C[C@@H]1CCC[Si]1(OC(C)(C)C)c1ccccc1. The predicted molar refractivity (Wildman–Crippen MR) is 94.5 cm³/mol. The molecule has 0 aromatic heterocycles. The molecule has 0 spiro atoms. The van der Waals surface area contributed by atoms with Gasteiger partial charge in [0.15, 0.2) is 0 Å². The normalized spacial score (nSPS) is 27.0. The fourth-order valence-corrected chi connectivity index (χ4v) is 9.64. The Labute approximate surface area is 132 Å². The summed E-state index contributed by atoms with van der Waals surface area (Å²) >= 11 is 0. The van der Waals surface area contributed by atoms with E-state index in [0.29, 0.717) is 5.41 Å². The molecule has 0 saturated carbocycles. The first-order valence-electron chi connectivity index (χ1n) is 8.38. The highest BCUT2D eigenvalue weighted by molar-refractivity contribution is 6.88. The van der Waals surface area contributed by atoms with E-state index in [9.17, 15) is 0 Å². The van der Waals surface area contributed by atoms with Crippen molar-refractivity contribution in [2.75, 3.05) is 0 Å². The van der Waals surface area contributed by atoms with Crippen LogP contribution in [-0.2, 0) is 4.43 Å². The van der Waals surface area contributed by atoms with E-state index in [0.717, 1.165) is 5.54 Å². The first kappa shape index (κ1) is 16.8. The summed E-state index contributed by atoms with van der Waals surface area (Å²) in [7, 11) is -1.88. The van der Waals surface area contributed by atoms with Gasteiger partial charge in [-0.1, -0.05) is 63.9 Å². The van der Waals surface area contributed by atoms with Crippen molar-refractivity contribution in [1.82, 2.24) is 0 Å². The van der Waals surface area contributed by atoms with Crippen LogP contribution in [0.25, 0.3) is 0 Å². The molecule has 118 valence electrons. The molecule has 2 rings (SSSR count). The molecule has 2 atom stereocenters. The van der Waals surface area contributed by atoms with Gasteiger partial charge in [0.05, 0.1) is 0 Å². The second-order valence-electron chi connectivity index (χ2n) is 8.82. The monoisotopic (exact) mass is 304 g/mol. The maximum Gasteiger partial charge on any atom is 0.227 e. The van der Waals surface area contributed by atoms with E-state index in [4.69, 9.17) is 4.43 Å². The molecule has 1 aromatic rings. The quantitative estimate of drug-likeness (QED) is 0.693. The number of hydrogen-bond donors (Lipinski definition) is 0. The van der Waals surface area contributed by atoms with Gasteiger partial charge >= 0.3 is 0 Å². The van der Waals surface area contributed by atoms with E-state index in [1.807, 2.05) is 0 Å². The van der Waals surface area contributed by atoms with Gasteiger partial charge in [-0.3, -0.25) is 0 Å². The summed E-state index contributed by atoms with van der Waals surface area (Å²) in [6.45, 7) is 13.8. The maximum absolute atomic E-state index is 6.87. The van der Waals surface area contributed by atoms with Crippen LogP contribution in [0, 0.1) is 5.41 Å². The Kier molecular flexibility index (Phi) is 4.70. The summed E-state index contributed by atoms with van der Waals surface area (Å²) in [5.41, 5.74) is 1.07. The molecule has 0 aliphatic carbocycles. The molecule has 1 saturated heterocycles. The van der Waals surface area contributed by atoms with Crippen molar-refractivity contribution in [3.63, 3.8) is 0 Å². The number of hydrogen-bond acceptors (Lipinski definition) is 1. The number of benzene rings is 1. The van der Waals surface area contributed by atoms with Crippen LogP contribution >= 0.6 is 0 Å². The largest absolute Gasteiger partial charge is 0.407 e. The standard InChI is InChI=1S/C19H32OSi/c1-18(2,3)15-17-13-10-14-21(17,20-19(4,5)6)16-11-8-7-9-12-16/h7-9,11-12,17H,10,13-15H2,1-6H3/t17-,21?/m0/s1. The van der Waals surface area contributed by atoms with Gasteiger partial charge in [-0.2, -0.15) is 0 Å². The Hall–Kier alpha value is -0.603. The average molecular weight is 305 g/mol. The zero-order chi connectivity index (χ0) is 15.7. The van der Waals surface area contributed by atoms with Gasteiger partial charge < -0.3 is 4.43 Å². The predicted octanol–water partition coefficient (Wildman–Crippen LogP) is 5.25. The highest BCUT2D eigenvalue weighted by Crippen LogP contribution is 2.47. The van der Waals surface area contributed by atoms with Gasteiger partial charge in [0.25, 0.3) is 0 Å². The molecular weight excluding hydrogens is 272 g/mol. The van der Waals surface area contributed by atoms with Crippen LogP contribution in [0.1, 0.15) is 60.8 Å². The van der Waals surface area contributed by atoms with Crippen LogP contribution in [-0.4, -0.2) is 13.9 Å². The molecule has 1 aliphatic rings. The maximum atomic E-state index is 6.87. The average Bonchev–Trinajstić information content (AvgIpc) is 2.70. The lowest BCUT2D eigenvalue weighted by atomic mass is 9.89. The zero-order valence-electron chi connectivity index (χ0n) is 14.7. The summed E-state index contributed by atoms with van der Waals surface area (Å²) in [6, 6.07) is 12.4. The number of rotatable bonds is 3. The minimum atomic E-state index is -1.88. The van der Waals surface area contributed by atoms with E-state index < -0.39 is 8.32 Å². The highest BCUT2D eigenvalue weighted by atomic mass is 28.4. The molecule has 1 fully saturated rings. The second kappa shape index (κ2) is 5.89. The molecule has 1 unspecified atom stereocenters. The summed E-state index contributed by atoms with van der Waals surface area (Å²) in [5.74, 6) is 0. The molecular formula is C19H32OSi. The lowest BCUT2D eigenvalue weighted by molar-refractivity contribution is 0.117. The zero-order valence-corrected chi connectivity index (χ0v) is 15.7. The van der Waals surface area contributed by atoms with Gasteiger partial charge in [0.2, 0.25) is 8.32 Å². The van der Waals surface area contributed by atoms with E-state index in [2.05, 4.69) is 71.9 Å². The third-order valence-electron chi connectivity index (χ3n) is 4.37. The van der Waals surface area contributed by atoms with Crippen molar-refractivity contribution < 1.29 is 4.43 Å². The van der Waals surface area contributed by atoms with E-state index in [1.54, 1.807) is 0 Å². The van der Waals surface area contributed by atoms with Gasteiger partial charge in [0, 0.05) is 5.60 Å². The van der Waals surface area contributed by atoms with Crippen molar-refractivity contribution >= 4 is 13.5 Å². The lowest BCUT2D eigenvalue weighted by Crippen LogP contribution is -2.56. The summed E-state index contributed by atoms with van der Waals surface area (Å²) in [5, 5.41) is 1.51. The topological polar surface area (TPSA) is 9.23 Å². The molecule has 0 bridgehead atoms. The molecule has 21 heavy (non-hydrogen) atoms. The Morgan fingerprint density at radius 1 is 1.05 bits per heavy atom. The molecule has 1 nitrogen and oxygen atoms in total. The van der Waals surface area contributed by atoms with Crippen LogP contribution in [0.5, 0.6) is 0 Å². The lowest BCUT2D eigenvalue weighted by Gasteiger charge is -2.41. The fraction of sp³-hybridized carbons (Fsp3) is 0.684. The Morgan fingerprint density at radius 3 is 2.19 bits per heavy atom. The van der Waals surface area contributed by atoms with E-state index in [1.165, 1.54) is 30.5 Å². The molecule has 0 radical (unpaired) electrons. The van der Waals surface area contributed by atoms with Crippen molar-refractivity contribution in [3.8, 4) is 0 Å². The van der Waals surface area contributed by atoms with E-state index in [-0.39, 0.29) is 5.60 Å². The Bertz CT molecular complexity index is 455. The molecule has 2 heteroatoms. The molecule has 0 amide bonds. The van der Waals surface area contributed by atoms with Crippen LogP contribution in [0.4, 0.5) is 0 Å². The minimum Gasteiger partial charge on any atom is -0.407 e. The molecule has 1 heterocycles. The van der Waals surface area contributed by atoms with Crippen LogP contribution in [0.15, 0.2) is 30.3 Å². The van der Waals surface area contributed by atoms with Crippen molar-refractivity contribution in [2.45, 2.75) is 78.0 Å². The molecule has 1 aliphatic heterocycles. The van der Waals surface area contributed by atoms with Crippen molar-refractivity contribution in [2.24, 2.45) is 5.41 Å². The van der Waals surface area contributed by atoms with Gasteiger partial charge in [-0.05, 0) is 49.4 Å². The van der Waals surface area contributed by atoms with Gasteiger partial charge in [-0.25, -0.2) is 0 Å². The van der Waals surface area contributed by atoms with Gasteiger partial charge in [-0.15, -0.1) is 0 Å². The van der Waals surface area contributed by atoms with Crippen LogP contribution < -0.4 is 5.19 Å². The smallest absolute Gasteiger partial charge is 0.227 e. The molecule has 1 aromatic carbocycles. The summed E-state index contributed by atoms with van der Waals surface area (Å²) < 4.78 is 6.87. The Balaban J connectivity index is 2.40. The van der Waals surface area contributed by atoms with Crippen molar-refractivity contribution in [3.05, 3.63) is 30.3 Å². The second-order valence-corrected chi connectivity index (χ2v) is 12.7. The van der Waals surface area contributed by atoms with Gasteiger partial charge in [0.1, 0.15) is 0 Å². The van der Waals surface area contributed by atoms with E-state index >= 15 is 0 Å². The summed E-state index contributed by atoms with van der Waals surface area (Å²) in [4.78, 5) is 0. The molecule has 0 N–H and O–H groups in total. The van der Waals surface area contributed by atoms with Crippen LogP contribution in [0.3, 0.4) is 0 Å². The first-order chi connectivity index (χ1) is 9.62. The third kappa shape index (κ3) is 4.20.